The maximum absolute atomic E-state index is 11.7. The highest BCUT2D eigenvalue weighted by atomic mass is 16.2. The monoisotopic (exact) mass is 303 g/mol. The lowest BCUT2D eigenvalue weighted by Gasteiger charge is -2.22. The predicted molar refractivity (Wildman–Crippen MR) is 83.6 cm³/mol. The number of piperidine rings is 1. The number of imide groups is 1. The molecule has 0 saturated carbocycles. The van der Waals surface area contributed by atoms with E-state index in [9.17, 15) is 14.4 Å². The van der Waals surface area contributed by atoms with Gasteiger partial charge in [-0.2, -0.15) is 0 Å². The van der Waals surface area contributed by atoms with Gasteiger partial charge in [0.25, 0.3) is 0 Å². The molecule has 1 aliphatic heterocycles. The molecular formula is C16H21N3O3. The summed E-state index contributed by atoms with van der Waals surface area (Å²) in [6.45, 7) is 4.47. The fourth-order valence-electron chi connectivity index (χ4n) is 2.42. The van der Waals surface area contributed by atoms with Crippen molar-refractivity contribution in [2.45, 2.75) is 45.3 Å². The number of carbonyl (C=O) groups is 3. The van der Waals surface area contributed by atoms with E-state index in [1.54, 1.807) is 6.07 Å². The number of benzene rings is 1. The molecule has 1 unspecified atom stereocenters. The molecule has 3 N–H and O–H groups in total. The molecule has 0 aliphatic carbocycles. The lowest BCUT2D eigenvalue weighted by atomic mass is 10.0. The second kappa shape index (κ2) is 7.17. The van der Waals surface area contributed by atoms with E-state index >= 15 is 0 Å². The van der Waals surface area contributed by atoms with E-state index in [0.717, 1.165) is 17.5 Å². The number of hydrogen-bond donors (Lipinski definition) is 3. The maximum Gasteiger partial charge on any atom is 0.243 e. The molecule has 1 aromatic rings. The minimum atomic E-state index is -0.404. The van der Waals surface area contributed by atoms with Crippen LogP contribution in [-0.2, 0) is 16.1 Å². The predicted octanol–water partition coefficient (Wildman–Crippen LogP) is 1.21. The molecule has 1 heterocycles. The molecule has 2 amide bonds. The molecule has 1 fully saturated rings. The maximum atomic E-state index is 11.7. The standard InChI is InChI=1S/C16H21N3O3/c1-10(2)18-13-4-3-11(9-20)12(7-13)8-17-14-5-6-15(21)19-16(14)22/h3-4,7,9-10,14,17-18H,5-6,8H2,1-2H3,(H,19,21,22). The summed E-state index contributed by atoms with van der Waals surface area (Å²) >= 11 is 0. The van der Waals surface area contributed by atoms with Crippen molar-refractivity contribution in [3.05, 3.63) is 29.3 Å². The minimum absolute atomic E-state index is 0.236. The molecule has 1 atom stereocenters. The molecule has 118 valence electrons. The third kappa shape index (κ3) is 4.14. The van der Waals surface area contributed by atoms with E-state index in [-0.39, 0.29) is 17.9 Å². The lowest BCUT2D eigenvalue weighted by molar-refractivity contribution is -0.134. The van der Waals surface area contributed by atoms with Gasteiger partial charge < -0.3 is 10.6 Å². The van der Waals surface area contributed by atoms with Gasteiger partial charge in [0, 0.05) is 30.3 Å². The van der Waals surface area contributed by atoms with Crippen LogP contribution in [0.3, 0.4) is 0 Å². The van der Waals surface area contributed by atoms with Gasteiger partial charge >= 0.3 is 0 Å². The molecule has 0 bridgehead atoms. The molecule has 1 aliphatic rings. The summed E-state index contributed by atoms with van der Waals surface area (Å²) in [6, 6.07) is 5.41. The summed E-state index contributed by atoms with van der Waals surface area (Å²) in [7, 11) is 0. The zero-order valence-electron chi connectivity index (χ0n) is 12.8. The third-order valence-electron chi connectivity index (χ3n) is 3.50. The first-order valence-electron chi connectivity index (χ1n) is 7.41. The Kier molecular flexibility index (Phi) is 5.27. The lowest BCUT2D eigenvalue weighted by Crippen LogP contribution is -2.50. The van der Waals surface area contributed by atoms with Crippen LogP contribution in [0.5, 0.6) is 0 Å². The number of anilines is 1. The van der Waals surface area contributed by atoms with Crippen molar-refractivity contribution in [2.75, 3.05) is 5.32 Å². The van der Waals surface area contributed by atoms with Gasteiger partial charge in [0.05, 0.1) is 6.04 Å². The van der Waals surface area contributed by atoms with Crippen LogP contribution in [0.25, 0.3) is 0 Å². The molecule has 0 aromatic heterocycles. The zero-order valence-corrected chi connectivity index (χ0v) is 12.8. The Bertz CT molecular complexity index is 584. The Morgan fingerprint density at radius 1 is 1.36 bits per heavy atom. The first-order valence-corrected chi connectivity index (χ1v) is 7.41. The highest BCUT2D eigenvalue weighted by Gasteiger charge is 2.26. The van der Waals surface area contributed by atoms with E-state index < -0.39 is 6.04 Å². The van der Waals surface area contributed by atoms with E-state index in [1.807, 2.05) is 26.0 Å². The van der Waals surface area contributed by atoms with Gasteiger partial charge in [-0.3, -0.25) is 19.7 Å². The van der Waals surface area contributed by atoms with Gasteiger partial charge in [-0.25, -0.2) is 0 Å². The molecule has 22 heavy (non-hydrogen) atoms. The largest absolute Gasteiger partial charge is 0.383 e. The Morgan fingerprint density at radius 3 is 2.77 bits per heavy atom. The van der Waals surface area contributed by atoms with Crippen molar-refractivity contribution in [1.29, 1.82) is 0 Å². The van der Waals surface area contributed by atoms with Crippen LogP contribution < -0.4 is 16.0 Å². The van der Waals surface area contributed by atoms with Crippen molar-refractivity contribution < 1.29 is 14.4 Å². The molecule has 6 nitrogen and oxygen atoms in total. The average molecular weight is 303 g/mol. The zero-order chi connectivity index (χ0) is 16.1. The number of carbonyl (C=O) groups excluding carboxylic acids is 3. The molecule has 1 saturated heterocycles. The van der Waals surface area contributed by atoms with E-state index in [1.165, 1.54) is 0 Å². The summed E-state index contributed by atoms with van der Waals surface area (Å²) in [5.74, 6) is -0.542. The quantitative estimate of drug-likeness (QED) is 0.543. The summed E-state index contributed by atoms with van der Waals surface area (Å²) in [5.41, 5.74) is 2.35. The van der Waals surface area contributed by atoms with Gasteiger partial charge in [-0.15, -0.1) is 0 Å². The number of aldehydes is 1. The first kappa shape index (κ1) is 16.2. The molecule has 6 heteroatoms. The van der Waals surface area contributed by atoms with Crippen LogP contribution in [0, 0.1) is 0 Å². The molecule has 1 aromatic carbocycles. The van der Waals surface area contributed by atoms with Crippen molar-refractivity contribution >= 4 is 23.8 Å². The second-order valence-corrected chi connectivity index (χ2v) is 5.72. The van der Waals surface area contributed by atoms with Gasteiger partial charge in [0.2, 0.25) is 11.8 Å². The number of amides is 2. The topological polar surface area (TPSA) is 87.3 Å². The third-order valence-corrected chi connectivity index (χ3v) is 3.50. The van der Waals surface area contributed by atoms with Crippen LogP contribution >= 0.6 is 0 Å². The van der Waals surface area contributed by atoms with Crippen molar-refractivity contribution in [3.63, 3.8) is 0 Å². The highest BCUT2D eigenvalue weighted by molar-refractivity contribution is 6.00. The van der Waals surface area contributed by atoms with Crippen LogP contribution in [-0.4, -0.2) is 30.2 Å². The summed E-state index contributed by atoms with van der Waals surface area (Å²) < 4.78 is 0. The number of hydrogen-bond acceptors (Lipinski definition) is 5. The van der Waals surface area contributed by atoms with Crippen LogP contribution in [0.4, 0.5) is 5.69 Å². The highest BCUT2D eigenvalue weighted by Crippen LogP contribution is 2.16. The number of rotatable bonds is 6. The molecule has 2 rings (SSSR count). The van der Waals surface area contributed by atoms with Crippen molar-refractivity contribution in [1.82, 2.24) is 10.6 Å². The van der Waals surface area contributed by atoms with Crippen LogP contribution in [0.1, 0.15) is 42.6 Å². The first-order chi connectivity index (χ1) is 10.5. The fourth-order valence-corrected chi connectivity index (χ4v) is 2.42. The van der Waals surface area contributed by atoms with E-state index in [0.29, 0.717) is 24.9 Å². The SMILES string of the molecule is CC(C)Nc1ccc(C=O)c(CNC2CCC(=O)NC2=O)c1. The van der Waals surface area contributed by atoms with Crippen molar-refractivity contribution in [3.8, 4) is 0 Å². The summed E-state index contributed by atoms with van der Waals surface area (Å²) in [6.07, 6.45) is 1.62. The summed E-state index contributed by atoms with van der Waals surface area (Å²) in [4.78, 5) is 34.0. The summed E-state index contributed by atoms with van der Waals surface area (Å²) in [5, 5.41) is 8.70. The second-order valence-electron chi connectivity index (χ2n) is 5.72. The Hall–Kier alpha value is -2.21. The molecule has 0 radical (unpaired) electrons. The Morgan fingerprint density at radius 2 is 2.14 bits per heavy atom. The van der Waals surface area contributed by atoms with Crippen LogP contribution in [0.2, 0.25) is 0 Å². The van der Waals surface area contributed by atoms with Crippen molar-refractivity contribution in [2.24, 2.45) is 0 Å². The van der Waals surface area contributed by atoms with Gasteiger partial charge in [-0.05, 0) is 44.0 Å². The Balaban J connectivity index is 2.05. The Labute approximate surface area is 129 Å². The van der Waals surface area contributed by atoms with Crippen LogP contribution in [0.15, 0.2) is 18.2 Å². The van der Waals surface area contributed by atoms with Gasteiger partial charge in [-0.1, -0.05) is 0 Å². The average Bonchev–Trinajstić information content (AvgIpc) is 2.46. The fraction of sp³-hybridized carbons (Fsp3) is 0.438. The van der Waals surface area contributed by atoms with E-state index in [4.69, 9.17) is 0 Å². The van der Waals surface area contributed by atoms with E-state index in [2.05, 4.69) is 16.0 Å². The van der Waals surface area contributed by atoms with Gasteiger partial charge in [0.15, 0.2) is 0 Å². The molecular weight excluding hydrogens is 282 g/mol. The van der Waals surface area contributed by atoms with Gasteiger partial charge in [0.1, 0.15) is 6.29 Å². The smallest absolute Gasteiger partial charge is 0.243 e. The minimum Gasteiger partial charge on any atom is -0.383 e. The molecule has 0 spiro atoms. The normalized spacial score (nSPS) is 18.2. The number of nitrogens with one attached hydrogen (secondary N) is 3.